The number of piperidine rings is 1. The van der Waals surface area contributed by atoms with Crippen LogP contribution < -0.4 is 10.2 Å². The van der Waals surface area contributed by atoms with E-state index in [0.717, 1.165) is 30.8 Å². The minimum Gasteiger partial charge on any atom is -0.371 e. The Balaban J connectivity index is 1.40. The second-order valence-corrected chi connectivity index (χ2v) is 6.31. The lowest BCUT2D eigenvalue weighted by molar-refractivity contribution is -0.142. The van der Waals surface area contributed by atoms with Crippen molar-refractivity contribution >= 4 is 23.4 Å². The van der Waals surface area contributed by atoms with Gasteiger partial charge >= 0.3 is 0 Å². The van der Waals surface area contributed by atoms with E-state index in [9.17, 15) is 14.4 Å². The molecule has 7 heteroatoms. The zero-order chi connectivity index (χ0) is 16.9. The number of nitrogens with zero attached hydrogens (tertiary/aromatic N) is 3. The summed E-state index contributed by atoms with van der Waals surface area (Å²) in [5.74, 6) is -0.325. The molecule has 2 fully saturated rings. The maximum atomic E-state index is 11.9. The van der Waals surface area contributed by atoms with Crippen molar-refractivity contribution in [2.75, 3.05) is 31.1 Å². The van der Waals surface area contributed by atoms with E-state index in [1.165, 1.54) is 5.69 Å². The maximum Gasteiger partial charge on any atom is 0.240 e. The lowest BCUT2D eigenvalue weighted by atomic mass is 9.96. The van der Waals surface area contributed by atoms with Crippen molar-refractivity contribution in [2.45, 2.75) is 25.7 Å². The molecule has 2 saturated heterocycles. The van der Waals surface area contributed by atoms with Crippen LogP contribution in [0.3, 0.4) is 0 Å². The topological polar surface area (TPSA) is 82.6 Å². The SMILES string of the molecule is O=C(CN1C(=O)CCC1=O)NCC1CCN(c2ccncc2)CC1. The molecule has 0 aliphatic carbocycles. The summed E-state index contributed by atoms with van der Waals surface area (Å²) in [6.45, 7) is 2.36. The molecule has 2 aliphatic heterocycles. The molecule has 2 aliphatic rings. The lowest BCUT2D eigenvalue weighted by Gasteiger charge is -2.33. The number of pyridine rings is 1. The number of hydrogen-bond acceptors (Lipinski definition) is 5. The first kappa shape index (κ1) is 16.4. The predicted molar refractivity (Wildman–Crippen MR) is 88.1 cm³/mol. The zero-order valence-electron chi connectivity index (χ0n) is 13.6. The van der Waals surface area contributed by atoms with Gasteiger partial charge in [-0.2, -0.15) is 0 Å². The van der Waals surface area contributed by atoms with E-state index in [1.807, 2.05) is 12.1 Å². The summed E-state index contributed by atoms with van der Waals surface area (Å²) in [4.78, 5) is 42.4. The number of imide groups is 1. The number of rotatable bonds is 5. The number of anilines is 1. The van der Waals surface area contributed by atoms with Gasteiger partial charge in [0.05, 0.1) is 0 Å². The van der Waals surface area contributed by atoms with E-state index < -0.39 is 0 Å². The molecule has 7 nitrogen and oxygen atoms in total. The normalized spacial score (nSPS) is 19.0. The van der Waals surface area contributed by atoms with E-state index in [4.69, 9.17) is 0 Å². The van der Waals surface area contributed by atoms with Gasteiger partial charge in [-0.3, -0.25) is 24.3 Å². The van der Waals surface area contributed by atoms with Crippen molar-refractivity contribution in [1.29, 1.82) is 0 Å². The number of nitrogens with one attached hydrogen (secondary N) is 1. The molecule has 24 heavy (non-hydrogen) atoms. The molecule has 3 amide bonds. The van der Waals surface area contributed by atoms with Gasteiger partial charge in [0.25, 0.3) is 0 Å². The number of hydrogen-bond donors (Lipinski definition) is 1. The molecule has 0 unspecified atom stereocenters. The largest absolute Gasteiger partial charge is 0.371 e. The Morgan fingerprint density at radius 1 is 1.12 bits per heavy atom. The predicted octanol–water partition coefficient (Wildman–Crippen LogP) is 0.563. The van der Waals surface area contributed by atoms with Gasteiger partial charge < -0.3 is 10.2 Å². The number of carbonyl (C=O) groups is 3. The molecule has 0 radical (unpaired) electrons. The molecule has 0 saturated carbocycles. The number of carbonyl (C=O) groups excluding carboxylic acids is 3. The van der Waals surface area contributed by atoms with Crippen molar-refractivity contribution < 1.29 is 14.4 Å². The van der Waals surface area contributed by atoms with Crippen LogP contribution in [0.25, 0.3) is 0 Å². The van der Waals surface area contributed by atoms with Gasteiger partial charge in [0, 0.05) is 50.6 Å². The van der Waals surface area contributed by atoms with Gasteiger partial charge in [0.2, 0.25) is 17.7 Å². The van der Waals surface area contributed by atoms with Gasteiger partial charge in [-0.1, -0.05) is 0 Å². The van der Waals surface area contributed by atoms with Crippen molar-refractivity contribution in [2.24, 2.45) is 5.92 Å². The zero-order valence-corrected chi connectivity index (χ0v) is 13.6. The summed E-state index contributed by atoms with van der Waals surface area (Å²) >= 11 is 0. The van der Waals surface area contributed by atoms with Gasteiger partial charge in [-0.05, 0) is 30.9 Å². The average molecular weight is 330 g/mol. The first-order valence-corrected chi connectivity index (χ1v) is 8.38. The van der Waals surface area contributed by atoms with E-state index >= 15 is 0 Å². The Bertz CT molecular complexity index is 596. The fourth-order valence-corrected chi connectivity index (χ4v) is 3.21. The Kier molecular flexibility index (Phi) is 5.08. The minimum absolute atomic E-state index is 0.145. The Hall–Kier alpha value is -2.44. The second-order valence-electron chi connectivity index (χ2n) is 6.31. The third-order valence-electron chi connectivity index (χ3n) is 4.69. The molecule has 128 valence electrons. The molecule has 0 atom stereocenters. The molecule has 1 aromatic rings. The number of amides is 3. The smallest absolute Gasteiger partial charge is 0.240 e. The van der Waals surface area contributed by atoms with E-state index in [-0.39, 0.29) is 37.1 Å². The van der Waals surface area contributed by atoms with E-state index in [0.29, 0.717) is 12.5 Å². The Morgan fingerprint density at radius 3 is 2.38 bits per heavy atom. The highest BCUT2D eigenvalue weighted by molar-refractivity contribution is 6.04. The van der Waals surface area contributed by atoms with Crippen LogP contribution in [-0.2, 0) is 14.4 Å². The molecule has 1 aromatic heterocycles. The van der Waals surface area contributed by atoms with Gasteiger partial charge in [-0.15, -0.1) is 0 Å². The van der Waals surface area contributed by atoms with Crippen molar-refractivity contribution in [3.63, 3.8) is 0 Å². The van der Waals surface area contributed by atoms with Crippen LogP contribution in [0.5, 0.6) is 0 Å². The number of aromatic nitrogens is 1. The second kappa shape index (κ2) is 7.42. The highest BCUT2D eigenvalue weighted by Gasteiger charge is 2.30. The summed E-state index contributed by atoms with van der Waals surface area (Å²) in [5, 5.41) is 2.86. The minimum atomic E-state index is -0.254. The van der Waals surface area contributed by atoms with Gasteiger partial charge in [0.15, 0.2) is 0 Å². The third kappa shape index (κ3) is 3.90. The van der Waals surface area contributed by atoms with E-state index in [2.05, 4.69) is 15.2 Å². The molecule has 0 spiro atoms. The van der Waals surface area contributed by atoms with E-state index in [1.54, 1.807) is 12.4 Å². The maximum absolute atomic E-state index is 11.9. The molecule has 0 aromatic carbocycles. The molecular formula is C17H22N4O3. The monoisotopic (exact) mass is 330 g/mol. The molecule has 1 N–H and O–H groups in total. The van der Waals surface area contributed by atoms with Crippen LogP contribution in [-0.4, -0.2) is 53.8 Å². The molecule has 3 rings (SSSR count). The first-order chi connectivity index (χ1) is 11.6. The summed E-state index contributed by atoms with van der Waals surface area (Å²) in [7, 11) is 0. The van der Waals surface area contributed by atoms with Crippen molar-refractivity contribution in [3.05, 3.63) is 24.5 Å². The van der Waals surface area contributed by atoms with Crippen molar-refractivity contribution in [3.8, 4) is 0 Å². The summed E-state index contributed by atoms with van der Waals surface area (Å²) in [6.07, 6.45) is 6.04. The number of likely N-dealkylation sites (tertiary alicyclic amines) is 1. The molecule has 0 bridgehead atoms. The molecule has 3 heterocycles. The van der Waals surface area contributed by atoms with Gasteiger partial charge in [-0.25, -0.2) is 0 Å². The van der Waals surface area contributed by atoms with Crippen LogP contribution in [0.15, 0.2) is 24.5 Å². The molecular weight excluding hydrogens is 308 g/mol. The highest BCUT2D eigenvalue weighted by Crippen LogP contribution is 2.22. The summed E-state index contributed by atoms with van der Waals surface area (Å²) < 4.78 is 0. The third-order valence-corrected chi connectivity index (χ3v) is 4.69. The highest BCUT2D eigenvalue weighted by atomic mass is 16.2. The fourth-order valence-electron chi connectivity index (χ4n) is 3.21. The Labute approximate surface area is 141 Å². The quantitative estimate of drug-likeness (QED) is 0.798. The van der Waals surface area contributed by atoms with Crippen LogP contribution in [0.4, 0.5) is 5.69 Å². The van der Waals surface area contributed by atoms with Crippen molar-refractivity contribution in [1.82, 2.24) is 15.2 Å². The summed E-state index contributed by atoms with van der Waals surface area (Å²) in [5.41, 5.74) is 1.18. The fraction of sp³-hybridized carbons (Fsp3) is 0.529. The van der Waals surface area contributed by atoms with Crippen LogP contribution in [0, 0.1) is 5.92 Å². The van der Waals surface area contributed by atoms with Crippen LogP contribution in [0.2, 0.25) is 0 Å². The van der Waals surface area contributed by atoms with Crippen LogP contribution >= 0.6 is 0 Å². The first-order valence-electron chi connectivity index (χ1n) is 8.38. The standard InChI is InChI=1S/C17H22N4O3/c22-15(12-21-16(23)1-2-17(21)24)19-11-13-5-9-20(10-6-13)14-3-7-18-8-4-14/h3-4,7-8,13H,1-2,5-6,9-12H2,(H,19,22). The Morgan fingerprint density at radius 2 is 1.75 bits per heavy atom. The lowest BCUT2D eigenvalue weighted by Crippen LogP contribution is -2.43. The van der Waals surface area contributed by atoms with Crippen LogP contribution in [0.1, 0.15) is 25.7 Å². The summed E-state index contributed by atoms with van der Waals surface area (Å²) in [6, 6.07) is 4.01. The average Bonchev–Trinajstić information content (AvgIpc) is 2.93. The van der Waals surface area contributed by atoms with Gasteiger partial charge in [0.1, 0.15) is 6.54 Å².